The Balaban J connectivity index is 1.63. The predicted octanol–water partition coefficient (Wildman–Crippen LogP) is 2.49. The van der Waals surface area contributed by atoms with E-state index < -0.39 is 6.10 Å². The lowest BCUT2D eigenvalue weighted by molar-refractivity contribution is -0.0584. The molecular weight excluding hydrogens is 300 g/mol. The van der Waals surface area contributed by atoms with E-state index in [0.29, 0.717) is 13.2 Å². The molecule has 0 radical (unpaired) electrons. The number of aliphatic hydroxyl groups is 1. The van der Waals surface area contributed by atoms with Crippen LogP contribution in [-0.2, 0) is 4.74 Å². The second kappa shape index (κ2) is 9.33. The van der Waals surface area contributed by atoms with Gasteiger partial charge in [0.05, 0.1) is 18.3 Å². The molecule has 0 bridgehead atoms. The topological polar surface area (TPSA) is 35.9 Å². The van der Waals surface area contributed by atoms with Crippen molar-refractivity contribution in [3.05, 3.63) is 42.0 Å². The number of hydrogen-bond donors (Lipinski definition) is 1. The molecule has 1 aliphatic rings. The van der Waals surface area contributed by atoms with Crippen LogP contribution in [0.4, 0.5) is 0 Å². The summed E-state index contributed by atoms with van der Waals surface area (Å²) in [5, 5.41) is 10.1. The molecule has 1 N–H and O–H groups in total. The third kappa shape index (κ3) is 7.58. The lowest BCUT2D eigenvalue weighted by Crippen LogP contribution is -2.49. The van der Waals surface area contributed by atoms with E-state index in [1.54, 1.807) is 0 Å². The van der Waals surface area contributed by atoms with E-state index in [1.807, 2.05) is 26.8 Å². The summed E-state index contributed by atoms with van der Waals surface area (Å²) in [6, 6.07) is 10.4. The molecule has 4 heteroatoms. The fourth-order valence-electron chi connectivity index (χ4n) is 2.75. The predicted molar refractivity (Wildman–Crippen MR) is 100 cm³/mol. The molecule has 0 amide bonds. The number of aliphatic hydroxyl groups excluding tert-OH is 1. The lowest BCUT2D eigenvalue weighted by Gasteiger charge is -2.35. The van der Waals surface area contributed by atoms with Crippen LogP contribution in [0, 0.1) is 0 Å². The molecule has 1 heterocycles. The van der Waals surface area contributed by atoms with Crippen molar-refractivity contribution in [2.24, 2.45) is 0 Å². The van der Waals surface area contributed by atoms with E-state index in [0.717, 1.165) is 32.7 Å². The Morgan fingerprint density at radius 2 is 1.71 bits per heavy atom. The smallest absolute Gasteiger partial charge is 0.0900 e. The molecule has 0 aliphatic carbocycles. The Hall–Kier alpha value is -1.20. The van der Waals surface area contributed by atoms with E-state index in [-0.39, 0.29) is 5.60 Å². The third-order valence-corrected chi connectivity index (χ3v) is 4.12. The van der Waals surface area contributed by atoms with Crippen molar-refractivity contribution in [1.29, 1.82) is 0 Å². The Morgan fingerprint density at radius 3 is 2.33 bits per heavy atom. The van der Waals surface area contributed by atoms with E-state index in [4.69, 9.17) is 4.74 Å². The fourth-order valence-corrected chi connectivity index (χ4v) is 2.75. The summed E-state index contributed by atoms with van der Waals surface area (Å²) in [7, 11) is 0. The van der Waals surface area contributed by atoms with Gasteiger partial charge in [0.2, 0.25) is 0 Å². The minimum atomic E-state index is -0.409. The van der Waals surface area contributed by atoms with Crippen molar-refractivity contribution in [2.75, 3.05) is 45.9 Å². The van der Waals surface area contributed by atoms with Crippen molar-refractivity contribution < 1.29 is 9.84 Å². The van der Waals surface area contributed by atoms with Gasteiger partial charge in [-0.05, 0) is 26.3 Å². The first-order valence-corrected chi connectivity index (χ1v) is 8.91. The Morgan fingerprint density at radius 1 is 1.08 bits per heavy atom. The van der Waals surface area contributed by atoms with Crippen molar-refractivity contribution in [3.63, 3.8) is 0 Å². The number of benzene rings is 1. The minimum Gasteiger partial charge on any atom is -0.389 e. The summed E-state index contributed by atoms with van der Waals surface area (Å²) < 4.78 is 5.65. The van der Waals surface area contributed by atoms with Gasteiger partial charge in [-0.25, -0.2) is 0 Å². The lowest BCUT2D eigenvalue weighted by atomic mass is 10.2. The van der Waals surface area contributed by atoms with E-state index in [2.05, 4.69) is 46.2 Å². The van der Waals surface area contributed by atoms with Gasteiger partial charge in [0, 0.05) is 39.3 Å². The van der Waals surface area contributed by atoms with Gasteiger partial charge in [-0.1, -0.05) is 42.5 Å². The van der Waals surface area contributed by atoms with Gasteiger partial charge < -0.3 is 9.84 Å². The first-order valence-electron chi connectivity index (χ1n) is 8.91. The maximum absolute atomic E-state index is 10.1. The summed E-state index contributed by atoms with van der Waals surface area (Å²) in [6.45, 7) is 12.2. The van der Waals surface area contributed by atoms with Crippen molar-refractivity contribution in [1.82, 2.24) is 9.80 Å². The molecule has 1 saturated heterocycles. The highest BCUT2D eigenvalue weighted by Crippen LogP contribution is 2.09. The molecule has 1 aromatic rings. The fraction of sp³-hybridized carbons (Fsp3) is 0.600. The third-order valence-electron chi connectivity index (χ3n) is 4.12. The molecule has 1 aliphatic heterocycles. The van der Waals surface area contributed by atoms with Crippen LogP contribution in [0.1, 0.15) is 26.3 Å². The molecule has 24 heavy (non-hydrogen) atoms. The standard InChI is InChI=1S/C20H32N2O2/c1-20(2,3)24-17-19(23)16-22-14-12-21(13-15-22)11-7-10-18-8-5-4-6-9-18/h4-10,19,23H,11-17H2,1-3H3. The SMILES string of the molecule is CC(C)(C)OCC(O)CN1CCN(CC=Cc2ccccc2)CC1. The van der Waals surface area contributed by atoms with Crippen LogP contribution in [0.25, 0.3) is 6.08 Å². The molecule has 2 rings (SSSR count). The highest BCUT2D eigenvalue weighted by molar-refractivity contribution is 5.48. The monoisotopic (exact) mass is 332 g/mol. The first kappa shape index (κ1) is 19.1. The minimum absolute atomic E-state index is 0.190. The number of piperazine rings is 1. The molecule has 1 unspecified atom stereocenters. The van der Waals surface area contributed by atoms with Gasteiger partial charge in [-0.15, -0.1) is 0 Å². The molecule has 1 fully saturated rings. The molecule has 0 saturated carbocycles. The number of hydrogen-bond acceptors (Lipinski definition) is 4. The van der Waals surface area contributed by atoms with Crippen molar-refractivity contribution in [2.45, 2.75) is 32.5 Å². The first-order chi connectivity index (χ1) is 11.4. The molecule has 0 aromatic heterocycles. The van der Waals surface area contributed by atoms with Crippen LogP contribution in [0.2, 0.25) is 0 Å². The molecular formula is C20H32N2O2. The maximum atomic E-state index is 10.1. The van der Waals surface area contributed by atoms with Crippen molar-refractivity contribution >= 4 is 6.08 Å². The van der Waals surface area contributed by atoms with E-state index >= 15 is 0 Å². The number of β-amino-alcohol motifs (C(OH)–C–C–N with tert-alkyl or cyclic N) is 1. The largest absolute Gasteiger partial charge is 0.389 e. The zero-order valence-corrected chi connectivity index (χ0v) is 15.3. The summed E-state index contributed by atoms with van der Waals surface area (Å²) in [5.74, 6) is 0. The average molecular weight is 332 g/mol. The van der Waals surface area contributed by atoms with Crippen LogP contribution >= 0.6 is 0 Å². The van der Waals surface area contributed by atoms with Crippen LogP contribution in [0.3, 0.4) is 0 Å². The Kier molecular flexibility index (Phi) is 7.43. The van der Waals surface area contributed by atoms with Gasteiger partial charge in [-0.3, -0.25) is 9.80 Å². The molecule has 0 spiro atoms. The number of rotatable bonds is 7. The second-order valence-electron chi connectivity index (χ2n) is 7.49. The van der Waals surface area contributed by atoms with Gasteiger partial charge in [0.25, 0.3) is 0 Å². The van der Waals surface area contributed by atoms with Crippen LogP contribution in [-0.4, -0.2) is 72.5 Å². The van der Waals surface area contributed by atoms with Gasteiger partial charge in [0.15, 0.2) is 0 Å². The van der Waals surface area contributed by atoms with Gasteiger partial charge >= 0.3 is 0 Å². The molecule has 4 nitrogen and oxygen atoms in total. The normalized spacial score (nSPS) is 19.0. The number of ether oxygens (including phenoxy) is 1. The summed E-state index contributed by atoms with van der Waals surface area (Å²) in [4.78, 5) is 4.78. The zero-order chi connectivity index (χ0) is 17.4. The molecule has 134 valence electrons. The maximum Gasteiger partial charge on any atom is 0.0900 e. The summed E-state index contributed by atoms with van der Waals surface area (Å²) in [6.07, 6.45) is 4.01. The summed E-state index contributed by atoms with van der Waals surface area (Å²) in [5.41, 5.74) is 1.06. The van der Waals surface area contributed by atoms with E-state index in [1.165, 1.54) is 5.56 Å². The Bertz CT molecular complexity index is 488. The Labute approximate surface area is 146 Å². The highest BCUT2D eigenvalue weighted by atomic mass is 16.5. The van der Waals surface area contributed by atoms with Crippen LogP contribution in [0.15, 0.2) is 36.4 Å². The summed E-state index contributed by atoms with van der Waals surface area (Å²) >= 11 is 0. The van der Waals surface area contributed by atoms with E-state index in [9.17, 15) is 5.11 Å². The second-order valence-corrected chi connectivity index (χ2v) is 7.49. The van der Waals surface area contributed by atoms with Gasteiger partial charge in [0.1, 0.15) is 0 Å². The van der Waals surface area contributed by atoms with Gasteiger partial charge in [-0.2, -0.15) is 0 Å². The van der Waals surface area contributed by atoms with Crippen LogP contribution < -0.4 is 0 Å². The highest BCUT2D eigenvalue weighted by Gasteiger charge is 2.20. The van der Waals surface area contributed by atoms with Crippen molar-refractivity contribution in [3.8, 4) is 0 Å². The average Bonchev–Trinajstić information content (AvgIpc) is 2.55. The molecule has 1 atom stereocenters. The number of nitrogens with zero attached hydrogens (tertiary/aromatic N) is 2. The quantitative estimate of drug-likeness (QED) is 0.832. The van der Waals surface area contributed by atoms with Crippen LogP contribution in [0.5, 0.6) is 0 Å². The zero-order valence-electron chi connectivity index (χ0n) is 15.3. The molecule has 1 aromatic carbocycles.